The highest BCUT2D eigenvalue weighted by molar-refractivity contribution is 9.10. The molecule has 0 radical (unpaired) electrons. The smallest absolute Gasteiger partial charge is 0.123 e. The molecule has 1 aromatic carbocycles. The van der Waals surface area contributed by atoms with Gasteiger partial charge in [-0.2, -0.15) is 0 Å². The second-order valence-electron chi connectivity index (χ2n) is 3.51. The normalized spacial score (nSPS) is 10.3. The van der Waals surface area contributed by atoms with Gasteiger partial charge in [0.2, 0.25) is 0 Å². The maximum atomic E-state index is 5.68. The number of benzene rings is 1. The van der Waals surface area contributed by atoms with Crippen molar-refractivity contribution in [2.24, 2.45) is 5.73 Å². The van der Waals surface area contributed by atoms with Gasteiger partial charge >= 0.3 is 0 Å². The lowest BCUT2D eigenvalue weighted by atomic mass is 10.2. The topological polar surface area (TPSA) is 35.2 Å². The van der Waals surface area contributed by atoms with E-state index < -0.39 is 0 Å². The lowest BCUT2D eigenvalue weighted by molar-refractivity contribution is 0.303. The summed E-state index contributed by atoms with van der Waals surface area (Å²) in [6.45, 7) is 3.48. The number of nitrogens with two attached hydrogens (primary N) is 1. The first kappa shape index (κ1) is 12.5. The molecule has 0 unspecified atom stereocenters. The summed E-state index contributed by atoms with van der Waals surface area (Å²) >= 11 is 3.42. The van der Waals surface area contributed by atoms with Crippen LogP contribution in [-0.4, -0.2) is 6.61 Å². The highest BCUT2D eigenvalue weighted by atomic mass is 79.9. The van der Waals surface area contributed by atoms with Gasteiger partial charge < -0.3 is 10.5 Å². The zero-order chi connectivity index (χ0) is 11.1. The third-order valence-corrected chi connectivity index (χ3v) is 2.74. The van der Waals surface area contributed by atoms with Crippen LogP contribution in [0.15, 0.2) is 22.7 Å². The summed E-state index contributed by atoms with van der Waals surface area (Å²) < 4.78 is 6.73. The molecule has 0 fully saturated rings. The highest BCUT2D eigenvalue weighted by Crippen LogP contribution is 2.22. The predicted octanol–water partition coefficient (Wildman–Crippen LogP) is 3.48. The molecule has 2 N–H and O–H groups in total. The van der Waals surface area contributed by atoms with E-state index in [9.17, 15) is 0 Å². The molecule has 0 heterocycles. The largest absolute Gasteiger partial charge is 0.493 e. The molecule has 1 rings (SSSR count). The van der Waals surface area contributed by atoms with Crippen molar-refractivity contribution in [3.63, 3.8) is 0 Å². The molecular formula is C12H18BrNO. The van der Waals surface area contributed by atoms with E-state index in [1.54, 1.807) is 0 Å². The summed E-state index contributed by atoms with van der Waals surface area (Å²) in [6, 6.07) is 5.96. The van der Waals surface area contributed by atoms with Crippen LogP contribution >= 0.6 is 15.9 Å². The molecule has 0 spiro atoms. The molecule has 0 atom stereocenters. The Kier molecular flexibility index (Phi) is 5.73. The van der Waals surface area contributed by atoms with E-state index in [1.807, 2.05) is 18.2 Å². The van der Waals surface area contributed by atoms with Gasteiger partial charge in [0.25, 0.3) is 0 Å². The van der Waals surface area contributed by atoms with Gasteiger partial charge in [-0.05, 0) is 24.6 Å². The minimum absolute atomic E-state index is 0.516. The number of halogens is 1. The zero-order valence-electron chi connectivity index (χ0n) is 9.13. The van der Waals surface area contributed by atoms with Crippen LogP contribution in [0.5, 0.6) is 5.75 Å². The van der Waals surface area contributed by atoms with Crippen LogP contribution in [0.1, 0.15) is 31.7 Å². The van der Waals surface area contributed by atoms with E-state index in [1.165, 1.54) is 12.8 Å². The molecule has 0 bridgehead atoms. The lowest BCUT2D eigenvalue weighted by Crippen LogP contribution is -2.03. The number of ether oxygens (including phenoxy) is 1. The van der Waals surface area contributed by atoms with Crippen LogP contribution in [0.3, 0.4) is 0 Å². The fourth-order valence-corrected chi connectivity index (χ4v) is 1.79. The summed E-state index contributed by atoms with van der Waals surface area (Å²) in [7, 11) is 0. The van der Waals surface area contributed by atoms with E-state index in [-0.39, 0.29) is 0 Å². The van der Waals surface area contributed by atoms with Crippen molar-refractivity contribution >= 4 is 15.9 Å². The minimum atomic E-state index is 0.516. The van der Waals surface area contributed by atoms with Gasteiger partial charge in [-0.3, -0.25) is 0 Å². The Bertz CT molecular complexity index is 302. The number of rotatable bonds is 6. The van der Waals surface area contributed by atoms with Crippen LogP contribution in [0.4, 0.5) is 0 Å². The average Bonchev–Trinajstić information content (AvgIpc) is 2.26. The first-order chi connectivity index (χ1) is 7.27. The van der Waals surface area contributed by atoms with Crippen LogP contribution in [0.2, 0.25) is 0 Å². The van der Waals surface area contributed by atoms with Gasteiger partial charge in [-0.15, -0.1) is 0 Å². The fraction of sp³-hybridized carbons (Fsp3) is 0.500. The SMILES string of the molecule is CCCCCOc1ccc(Br)cc1CN. The third-order valence-electron chi connectivity index (χ3n) is 2.25. The maximum absolute atomic E-state index is 5.68. The van der Waals surface area contributed by atoms with Crippen LogP contribution < -0.4 is 10.5 Å². The summed E-state index contributed by atoms with van der Waals surface area (Å²) in [6.07, 6.45) is 3.54. The molecule has 0 saturated carbocycles. The Labute approximate surface area is 99.9 Å². The van der Waals surface area contributed by atoms with Gasteiger partial charge in [-0.25, -0.2) is 0 Å². The zero-order valence-corrected chi connectivity index (χ0v) is 10.7. The maximum Gasteiger partial charge on any atom is 0.123 e. The van der Waals surface area contributed by atoms with Crippen molar-refractivity contribution in [3.05, 3.63) is 28.2 Å². The standard InChI is InChI=1S/C12H18BrNO/c1-2-3-4-7-15-12-6-5-11(13)8-10(12)9-14/h5-6,8H,2-4,7,9,14H2,1H3. The number of unbranched alkanes of at least 4 members (excludes halogenated alkanes) is 2. The molecule has 0 aliphatic heterocycles. The summed E-state index contributed by atoms with van der Waals surface area (Å²) in [5.41, 5.74) is 6.71. The Morgan fingerprint density at radius 1 is 1.33 bits per heavy atom. The molecule has 15 heavy (non-hydrogen) atoms. The van der Waals surface area contributed by atoms with Crippen molar-refractivity contribution in [1.29, 1.82) is 0 Å². The molecular weight excluding hydrogens is 254 g/mol. The molecule has 0 aromatic heterocycles. The third kappa shape index (κ3) is 4.22. The van der Waals surface area contributed by atoms with E-state index in [4.69, 9.17) is 10.5 Å². The van der Waals surface area contributed by atoms with Crippen molar-refractivity contribution in [2.75, 3.05) is 6.61 Å². The van der Waals surface area contributed by atoms with Crippen molar-refractivity contribution < 1.29 is 4.74 Å². The number of hydrogen-bond acceptors (Lipinski definition) is 2. The van der Waals surface area contributed by atoms with E-state index in [0.717, 1.165) is 28.8 Å². The molecule has 0 aliphatic rings. The van der Waals surface area contributed by atoms with Gasteiger partial charge in [0.05, 0.1) is 6.61 Å². The second kappa shape index (κ2) is 6.85. The van der Waals surface area contributed by atoms with Crippen LogP contribution in [-0.2, 0) is 6.54 Å². The Morgan fingerprint density at radius 2 is 2.13 bits per heavy atom. The highest BCUT2D eigenvalue weighted by Gasteiger charge is 2.02. The molecule has 3 heteroatoms. The van der Waals surface area contributed by atoms with Gasteiger partial charge in [0, 0.05) is 16.6 Å². The minimum Gasteiger partial charge on any atom is -0.493 e. The van der Waals surface area contributed by atoms with Gasteiger partial charge in [0.1, 0.15) is 5.75 Å². The molecule has 0 aliphatic carbocycles. The fourth-order valence-electron chi connectivity index (χ4n) is 1.38. The molecule has 84 valence electrons. The molecule has 0 amide bonds. The van der Waals surface area contributed by atoms with Crippen LogP contribution in [0.25, 0.3) is 0 Å². The quantitative estimate of drug-likeness (QED) is 0.805. The van der Waals surface area contributed by atoms with Gasteiger partial charge in [-0.1, -0.05) is 35.7 Å². The van der Waals surface area contributed by atoms with Gasteiger partial charge in [0.15, 0.2) is 0 Å². The van der Waals surface area contributed by atoms with E-state index in [0.29, 0.717) is 6.54 Å². The summed E-state index contributed by atoms with van der Waals surface area (Å²) in [5.74, 6) is 0.914. The first-order valence-electron chi connectivity index (χ1n) is 5.39. The predicted molar refractivity (Wildman–Crippen MR) is 67.1 cm³/mol. The second-order valence-corrected chi connectivity index (χ2v) is 4.43. The average molecular weight is 272 g/mol. The van der Waals surface area contributed by atoms with E-state index in [2.05, 4.69) is 22.9 Å². The molecule has 0 saturated heterocycles. The first-order valence-corrected chi connectivity index (χ1v) is 6.18. The van der Waals surface area contributed by atoms with E-state index >= 15 is 0 Å². The molecule has 2 nitrogen and oxygen atoms in total. The Morgan fingerprint density at radius 3 is 2.80 bits per heavy atom. The van der Waals surface area contributed by atoms with Crippen molar-refractivity contribution in [1.82, 2.24) is 0 Å². The van der Waals surface area contributed by atoms with Crippen molar-refractivity contribution in [3.8, 4) is 5.75 Å². The summed E-state index contributed by atoms with van der Waals surface area (Å²) in [5, 5.41) is 0. The summed E-state index contributed by atoms with van der Waals surface area (Å²) in [4.78, 5) is 0. The van der Waals surface area contributed by atoms with Crippen LogP contribution in [0, 0.1) is 0 Å². The molecule has 1 aromatic rings. The Hall–Kier alpha value is -0.540. The lowest BCUT2D eigenvalue weighted by Gasteiger charge is -2.10. The number of hydrogen-bond donors (Lipinski definition) is 1. The van der Waals surface area contributed by atoms with Crippen molar-refractivity contribution in [2.45, 2.75) is 32.7 Å². The Balaban J connectivity index is 2.52. The monoisotopic (exact) mass is 271 g/mol.